The number of anilines is 1. The van der Waals surface area contributed by atoms with Crippen molar-refractivity contribution in [3.8, 4) is 0 Å². The number of aryl methyl sites for hydroxylation is 2. The molecular weight excluding hydrogens is 300 g/mol. The molecule has 0 spiro atoms. The number of carbonyl (C=O) groups is 2. The van der Waals surface area contributed by atoms with E-state index in [1.807, 2.05) is 69.3 Å². The van der Waals surface area contributed by atoms with E-state index in [1.165, 1.54) is 11.8 Å². The number of nitrogens with zero attached hydrogens (tertiary/aromatic N) is 1. The molecule has 0 saturated heterocycles. The lowest BCUT2D eigenvalue weighted by Gasteiger charge is -2.24. The number of hydrogen-bond acceptors (Lipinski definition) is 2. The summed E-state index contributed by atoms with van der Waals surface area (Å²) in [7, 11) is 0. The third-order valence-electron chi connectivity index (χ3n) is 4.00. The fraction of sp³-hybridized carbons (Fsp3) is 0.300. The van der Waals surface area contributed by atoms with Gasteiger partial charge in [0.15, 0.2) is 0 Å². The highest BCUT2D eigenvalue weighted by molar-refractivity contribution is 5.98. The Labute approximate surface area is 143 Å². The van der Waals surface area contributed by atoms with Crippen molar-refractivity contribution >= 4 is 17.5 Å². The first-order valence-corrected chi connectivity index (χ1v) is 8.08. The van der Waals surface area contributed by atoms with Gasteiger partial charge in [0.1, 0.15) is 6.54 Å². The van der Waals surface area contributed by atoms with E-state index in [1.54, 1.807) is 0 Å². The largest absolute Gasteiger partial charge is 0.348 e. The monoisotopic (exact) mass is 324 g/mol. The number of benzene rings is 2. The molecule has 0 aliphatic carbocycles. The van der Waals surface area contributed by atoms with Crippen molar-refractivity contribution < 1.29 is 9.59 Å². The summed E-state index contributed by atoms with van der Waals surface area (Å²) >= 11 is 0. The lowest BCUT2D eigenvalue weighted by molar-refractivity contribution is -0.123. The summed E-state index contributed by atoms with van der Waals surface area (Å²) in [6.07, 6.45) is 0. The second-order valence-corrected chi connectivity index (χ2v) is 6.09. The predicted molar refractivity (Wildman–Crippen MR) is 96.9 cm³/mol. The molecular formula is C20H24N2O2. The van der Waals surface area contributed by atoms with Crippen molar-refractivity contribution in [3.63, 3.8) is 0 Å². The number of carbonyl (C=O) groups excluding carboxylic acids is 2. The van der Waals surface area contributed by atoms with Crippen LogP contribution in [-0.2, 0) is 9.59 Å². The summed E-state index contributed by atoms with van der Waals surface area (Å²) in [6, 6.07) is 15.5. The maximum absolute atomic E-state index is 12.4. The van der Waals surface area contributed by atoms with Gasteiger partial charge < -0.3 is 10.2 Å². The topological polar surface area (TPSA) is 49.4 Å². The van der Waals surface area contributed by atoms with Gasteiger partial charge in [-0.25, -0.2) is 0 Å². The molecule has 0 aliphatic heterocycles. The molecule has 1 unspecified atom stereocenters. The van der Waals surface area contributed by atoms with E-state index < -0.39 is 0 Å². The third-order valence-corrected chi connectivity index (χ3v) is 4.00. The fourth-order valence-electron chi connectivity index (χ4n) is 2.73. The smallest absolute Gasteiger partial charge is 0.240 e. The molecule has 2 rings (SSSR count). The van der Waals surface area contributed by atoms with Crippen molar-refractivity contribution in [2.75, 3.05) is 11.4 Å². The molecule has 2 amide bonds. The van der Waals surface area contributed by atoms with Crippen LogP contribution in [0.5, 0.6) is 0 Å². The van der Waals surface area contributed by atoms with Crippen LogP contribution >= 0.6 is 0 Å². The van der Waals surface area contributed by atoms with Crippen LogP contribution in [0.15, 0.2) is 48.5 Å². The van der Waals surface area contributed by atoms with Crippen LogP contribution in [0.3, 0.4) is 0 Å². The Kier molecular flexibility index (Phi) is 5.74. The summed E-state index contributed by atoms with van der Waals surface area (Å²) < 4.78 is 0. The lowest BCUT2D eigenvalue weighted by atomic mass is 10.1. The van der Waals surface area contributed by atoms with Crippen LogP contribution in [-0.4, -0.2) is 18.4 Å². The van der Waals surface area contributed by atoms with E-state index in [2.05, 4.69) is 5.32 Å². The first-order chi connectivity index (χ1) is 11.4. The second kappa shape index (κ2) is 7.77. The number of nitrogens with one attached hydrogen (secondary N) is 1. The highest BCUT2D eigenvalue weighted by atomic mass is 16.2. The average molecular weight is 324 g/mol. The van der Waals surface area contributed by atoms with Gasteiger partial charge in [0, 0.05) is 12.6 Å². The minimum atomic E-state index is -0.179. The normalized spacial score (nSPS) is 11.7. The van der Waals surface area contributed by atoms with Crippen molar-refractivity contribution in [2.24, 2.45) is 0 Å². The van der Waals surface area contributed by atoms with Gasteiger partial charge in [-0.2, -0.15) is 0 Å². The Morgan fingerprint density at radius 3 is 2.33 bits per heavy atom. The Morgan fingerprint density at radius 1 is 1.08 bits per heavy atom. The molecule has 0 bridgehead atoms. The zero-order valence-corrected chi connectivity index (χ0v) is 14.7. The maximum Gasteiger partial charge on any atom is 0.240 e. The number of amides is 2. The Hall–Kier alpha value is -2.62. The lowest BCUT2D eigenvalue weighted by Crippen LogP contribution is -2.41. The van der Waals surface area contributed by atoms with E-state index in [0.717, 1.165) is 22.4 Å². The van der Waals surface area contributed by atoms with Gasteiger partial charge in [-0.15, -0.1) is 0 Å². The Balaban J connectivity index is 2.10. The van der Waals surface area contributed by atoms with Crippen LogP contribution in [0, 0.1) is 13.8 Å². The fourth-order valence-corrected chi connectivity index (χ4v) is 2.73. The van der Waals surface area contributed by atoms with E-state index in [0.29, 0.717) is 0 Å². The molecule has 2 aromatic rings. The number of rotatable bonds is 5. The molecule has 4 heteroatoms. The molecule has 1 atom stereocenters. The van der Waals surface area contributed by atoms with Crippen LogP contribution in [0.25, 0.3) is 0 Å². The van der Waals surface area contributed by atoms with E-state index in [9.17, 15) is 9.59 Å². The maximum atomic E-state index is 12.4. The third kappa shape index (κ3) is 4.44. The van der Waals surface area contributed by atoms with Crippen molar-refractivity contribution in [1.29, 1.82) is 0 Å². The zero-order valence-electron chi connectivity index (χ0n) is 14.7. The molecule has 24 heavy (non-hydrogen) atoms. The summed E-state index contributed by atoms with van der Waals surface area (Å²) in [5.41, 5.74) is 3.92. The molecule has 0 aliphatic rings. The van der Waals surface area contributed by atoms with E-state index in [4.69, 9.17) is 0 Å². The molecule has 0 heterocycles. The van der Waals surface area contributed by atoms with Crippen LogP contribution in [0.2, 0.25) is 0 Å². The second-order valence-electron chi connectivity index (χ2n) is 6.09. The summed E-state index contributed by atoms with van der Waals surface area (Å²) in [5, 5.41) is 2.95. The molecule has 0 saturated carbocycles. The van der Waals surface area contributed by atoms with E-state index in [-0.39, 0.29) is 24.4 Å². The highest BCUT2D eigenvalue weighted by Crippen LogP contribution is 2.21. The van der Waals surface area contributed by atoms with Gasteiger partial charge in [0.05, 0.1) is 6.04 Å². The van der Waals surface area contributed by atoms with Crippen LogP contribution < -0.4 is 10.2 Å². The summed E-state index contributed by atoms with van der Waals surface area (Å²) in [4.78, 5) is 25.9. The van der Waals surface area contributed by atoms with Gasteiger partial charge in [-0.1, -0.05) is 48.0 Å². The Morgan fingerprint density at radius 2 is 1.75 bits per heavy atom. The summed E-state index contributed by atoms with van der Waals surface area (Å²) in [6.45, 7) is 7.37. The zero-order chi connectivity index (χ0) is 17.7. The van der Waals surface area contributed by atoms with Gasteiger partial charge in [0.2, 0.25) is 11.8 Å². The number of hydrogen-bond donors (Lipinski definition) is 1. The summed E-state index contributed by atoms with van der Waals surface area (Å²) in [5.74, 6) is -0.328. The molecule has 0 fully saturated rings. The van der Waals surface area contributed by atoms with Crippen LogP contribution in [0.1, 0.15) is 36.6 Å². The van der Waals surface area contributed by atoms with Crippen LogP contribution in [0.4, 0.5) is 5.69 Å². The minimum Gasteiger partial charge on any atom is -0.348 e. The van der Waals surface area contributed by atoms with Gasteiger partial charge in [-0.3, -0.25) is 9.59 Å². The first kappa shape index (κ1) is 17.7. The molecule has 0 radical (unpaired) electrons. The van der Waals surface area contributed by atoms with Crippen molar-refractivity contribution in [3.05, 3.63) is 65.2 Å². The van der Waals surface area contributed by atoms with Gasteiger partial charge in [-0.05, 0) is 38.0 Å². The van der Waals surface area contributed by atoms with E-state index >= 15 is 0 Å². The van der Waals surface area contributed by atoms with Gasteiger partial charge in [0.25, 0.3) is 0 Å². The molecule has 0 aromatic heterocycles. The first-order valence-electron chi connectivity index (χ1n) is 8.08. The minimum absolute atomic E-state index is 0.0103. The SMILES string of the molecule is CC(=O)N(CC(=O)NC(C)c1ccccc1)c1ccc(C)cc1C. The predicted octanol–water partition coefficient (Wildman–Crippen LogP) is 3.53. The molecule has 1 N–H and O–H groups in total. The molecule has 4 nitrogen and oxygen atoms in total. The standard InChI is InChI=1S/C20H24N2O2/c1-14-10-11-19(15(2)12-14)22(17(4)23)13-20(24)21-16(3)18-8-6-5-7-9-18/h5-12,16H,13H2,1-4H3,(H,21,24). The van der Waals surface area contributed by atoms with Gasteiger partial charge >= 0.3 is 0 Å². The Bertz CT molecular complexity index is 726. The highest BCUT2D eigenvalue weighted by Gasteiger charge is 2.19. The quantitative estimate of drug-likeness (QED) is 0.914. The van der Waals surface area contributed by atoms with Crippen molar-refractivity contribution in [1.82, 2.24) is 5.32 Å². The molecule has 2 aromatic carbocycles. The average Bonchev–Trinajstić information content (AvgIpc) is 2.54. The molecule has 126 valence electrons. The van der Waals surface area contributed by atoms with Crippen molar-refractivity contribution in [2.45, 2.75) is 33.7 Å².